The highest BCUT2D eigenvalue weighted by molar-refractivity contribution is 7.27. The van der Waals surface area contributed by atoms with E-state index in [0.29, 0.717) is 11.5 Å². The van der Waals surface area contributed by atoms with Crippen LogP contribution in [0.3, 0.4) is 0 Å². The maximum atomic E-state index is 6.58. The molecule has 0 N–H and O–H groups in total. The summed E-state index contributed by atoms with van der Waals surface area (Å²) in [7, 11) is 0. The lowest BCUT2D eigenvalue weighted by Gasteiger charge is -2.11. The van der Waals surface area contributed by atoms with E-state index in [9.17, 15) is 0 Å². The molecule has 0 aliphatic rings. The largest absolute Gasteiger partial charge is 0.452 e. The van der Waals surface area contributed by atoms with E-state index in [-0.39, 0.29) is 0 Å². The van der Waals surface area contributed by atoms with Gasteiger partial charge in [0.2, 0.25) is 5.95 Å². The van der Waals surface area contributed by atoms with Crippen LogP contribution < -0.4 is 0 Å². The highest BCUT2D eigenvalue weighted by Crippen LogP contribution is 2.48. The number of hydrogen-bond donors (Lipinski definition) is 0. The fraction of sp³-hybridized carbons (Fsp3) is 0. The van der Waals surface area contributed by atoms with Gasteiger partial charge in [-0.05, 0) is 63.0 Å². The van der Waals surface area contributed by atoms with Gasteiger partial charge < -0.3 is 4.42 Å². The lowest BCUT2D eigenvalue weighted by atomic mass is 9.99. The van der Waals surface area contributed by atoms with Crippen LogP contribution in [0.5, 0.6) is 0 Å². The third-order valence-electron chi connectivity index (χ3n) is 10.8. The third-order valence-corrected chi connectivity index (χ3v) is 12.0. The van der Waals surface area contributed by atoms with Crippen LogP contribution in [0.15, 0.2) is 168 Å². The molecule has 53 heavy (non-hydrogen) atoms. The Morgan fingerprint density at radius 3 is 1.98 bits per heavy atom. The summed E-state index contributed by atoms with van der Waals surface area (Å²) in [5.74, 6) is 0.623. The normalized spacial score (nSPS) is 12.2. The predicted molar refractivity (Wildman–Crippen MR) is 222 cm³/mol. The van der Waals surface area contributed by atoms with Crippen LogP contribution in [0.25, 0.3) is 114 Å². The van der Waals surface area contributed by atoms with E-state index in [1.807, 2.05) is 29.5 Å². The van der Waals surface area contributed by atoms with Crippen molar-refractivity contribution in [3.63, 3.8) is 0 Å². The minimum absolute atomic E-state index is 0.623. The molecular weight excluding hydrogens is 667 g/mol. The van der Waals surface area contributed by atoms with E-state index >= 15 is 0 Å². The number of nitrogens with zero attached hydrogens (tertiary/aromatic N) is 3. The van der Waals surface area contributed by atoms with Crippen LogP contribution in [0.4, 0.5) is 0 Å². The second kappa shape index (κ2) is 10.8. The topological polar surface area (TPSA) is 43.9 Å². The molecule has 12 aromatic rings. The first kappa shape index (κ1) is 28.8. The van der Waals surface area contributed by atoms with Gasteiger partial charge in [-0.2, -0.15) is 0 Å². The molecule has 0 amide bonds. The van der Waals surface area contributed by atoms with Gasteiger partial charge in [0.1, 0.15) is 16.8 Å². The van der Waals surface area contributed by atoms with Crippen LogP contribution in [0.1, 0.15) is 0 Å². The Bertz CT molecular complexity index is 3460. The molecule has 0 atom stereocenters. The number of rotatable bonds is 3. The first-order valence-electron chi connectivity index (χ1n) is 17.8. The van der Waals surface area contributed by atoms with E-state index in [0.717, 1.165) is 44.3 Å². The zero-order valence-corrected chi connectivity index (χ0v) is 29.1. The smallest absolute Gasteiger partial charge is 0.236 e. The first-order valence-corrected chi connectivity index (χ1v) is 18.6. The molecule has 0 bridgehead atoms. The Balaban J connectivity index is 1.17. The summed E-state index contributed by atoms with van der Waals surface area (Å²) < 4.78 is 11.4. The molecule has 0 radical (unpaired) electrons. The van der Waals surface area contributed by atoms with Gasteiger partial charge in [0.05, 0.1) is 15.7 Å². The second-order valence-electron chi connectivity index (χ2n) is 13.7. The lowest BCUT2D eigenvalue weighted by Crippen LogP contribution is -2.03. The summed E-state index contributed by atoms with van der Waals surface area (Å²) in [5.41, 5.74) is 8.56. The monoisotopic (exact) mass is 693 g/mol. The standard InChI is InChI=1S/C48H27N3OS/c1-2-12-31-27-32(26-23-28(31)11-1)29-21-24-30(25-22-29)43-46-44(36-16-6-9-19-39(36)52-46)50-48(49-43)51-38-18-8-5-15-35(38)41-33-13-3-4-14-34(33)42-37-17-7-10-20-40(37)53-47(42)45(41)51/h1-27H. The first-order chi connectivity index (χ1) is 26.3. The van der Waals surface area contributed by atoms with Crippen molar-refractivity contribution in [3.8, 4) is 28.3 Å². The average Bonchev–Trinajstić information content (AvgIpc) is 3.91. The van der Waals surface area contributed by atoms with Crippen molar-refractivity contribution in [2.45, 2.75) is 0 Å². The Morgan fingerprint density at radius 1 is 0.491 bits per heavy atom. The molecule has 12 rings (SSSR count). The lowest BCUT2D eigenvalue weighted by molar-refractivity contribution is 0.666. The molecule has 0 saturated heterocycles. The Hall–Kier alpha value is -6.82. The zero-order chi connectivity index (χ0) is 34.6. The van der Waals surface area contributed by atoms with E-state index in [2.05, 4.69) is 150 Å². The molecule has 0 saturated carbocycles. The van der Waals surface area contributed by atoms with Crippen molar-refractivity contribution in [1.29, 1.82) is 0 Å². The van der Waals surface area contributed by atoms with Crippen molar-refractivity contribution >= 4 is 96.9 Å². The van der Waals surface area contributed by atoms with Crippen molar-refractivity contribution in [3.05, 3.63) is 164 Å². The fourth-order valence-corrected chi connectivity index (χ4v) is 9.66. The summed E-state index contributed by atoms with van der Waals surface area (Å²) in [4.78, 5) is 10.8. The summed E-state index contributed by atoms with van der Waals surface area (Å²) in [6.07, 6.45) is 0. The van der Waals surface area contributed by atoms with Gasteiger partial charge in [-0.3, -0.25) is 4.57 Å². The van der Waals surface area contributed by atoms with Gasteiger partial charge in [-0.25, -0.2) is 9.97 Å². The molecule has 0 aliphatic carbocycles. The summed E-state index contributed by atoms with van der Waals surface area (Å²) in [5, 5.41) is 10.9. The van der Waals surface area contributed by atoms with Crippen LogP contribution >= 0.6 is 11.3 Å². The summed E-state index contributed by atoms with van der Waals surface area (Å²) in [6.45, 7) is 0. The molecule has 0 spiro atoms. The minimum atomic E-state index is 0.623. The van der Waals surface area contributed by atoms with Crippen LogP contribution in [0, 0.1) is 0 Å². The molecule has 246 valence electrons. The maximum absolute atomic E-state index is 6.58. The number of furan rings is 1. The van der Waals surface area contributed by atoms with E-state index in [4.69, 9.17) is 14.4 Å². The number of hydrogen-bond acceptors (Lipinski definition) is 4. The Kier molecular flexibility index (Phi) is 5.90. The second-order valence-corrected chi connectivity index (χ2v) is 14.8. The van der Waals surface area contributed by atoms with E-state index in [1.54, 1.807) is 0 Å². The van der Waals surface area contributed by atoms with Crippen LogP contribution in [0.2, 0.25) is 0 Å². The predicted octanol–water partition coefficient (Wildman–Crippen LogP) is 13.5. The third kappa shape index (κ3) is 4.11. The van der Waals surface area contributed by atoms with Gasteiger partial charge in [0.25, 0.3) is 0 Å². The van der Waals surface area contributed by atoms with Crippen LogP contribution in [-0.4, -0.2) is 14.5 Å². The summed E-state index contributed by atoms with van der Waals surface area (Å²) in [6, 6.07) is 58.2. The number of thiophene rings is 1. The number of para-hydroxylation sites is 2. The van der Waals surface area contributed by atoms with Crippen molar-refractivity contribution in [1.82, 2.24) is 14.5 Å². The van der Waals surface area contributed by atoms with Crippen molar-refractivity contribution < 1.29 is 4.42 Å². The number of fused-ring (bicyclic) bond motifs is 14. The summed E-state index contributed by atoms with van der Waals surface area (Å²) >= 11 is 1.84. The van der Waals surface area contributed by atoms with E-state index in [1.165, 1.54) is 58.1 Å². The molecule has 5 heteroatoms. The van der Waals surface area contributed by atoms with E-state index < -0.39 is 0 Å². The van der Waals surface area contributed by atoms with Crippen LogP contribution in [-0.2, 0) is 0 Å². The van der Waals surface area contributed by atoms with Gasteiger partial charge in [-0.15, -0.1) is 11.3 Å². The van der Waals surface area contributed by atoms with Crippen molar-refractivity contribution in [2.75, 3.05) is 0 Å². The maximum Gasteiger partial charge on any atom is 0.236 e. The molecule has 0 unspecified atom stereocenters. The van der Waals surface area contributed by atoms with Gasteiger partial charge in [0.15, 0.2) is 5.58 Å². The molecule has 4 heterocycles. The molecule has 4 nitrogen and oxygen atoms in total. The SMILES string of the molecule is c1ccc2cc(-c3ccc(-c4nc(-n5c6ccccc6c6c7ccccc7c7c8ccccc8sc7c65)nc5c4oc4ccccc45)cc3)ccc2c1. The molecule has 4 aromatic heterocycles. The molecule has 0 aliphatic heterocycles. The van der Waals surface area contributed by atoms with Gasteiger partial charge in [-0.1, -0.05) is 133 Å². The number of aromatic nitrogens is 3. The quantitative estimate of drug-likeness (QED) is 0.185. The van der Waals surface area contributed by atoms with Gasteiger partial charge >= 0.3 is 0 Å². The fourth-order valence-electron chi connectivity index (χ4n) is 8.40. The highest BCUT2D eigenvalue weighted by Gasteiger charge is 2.25. The van der Waals surface area contributed by atoms with Gasteiger partial charge in [0, 0.05) is 37.2 Å². The highest BCUT2D eigenvalue weighted by atomic mass is 32.1. The Morgan fingerprint density at radius 2 is 1.13 bits per heavy atom. The molecule has 0 fully saturated rings. The number of benzene rings is 8. The molecule has 8 aromatic carbocycles. The van der Waals surface area contributed by atoms with Crippen molar-refractivity contribution in [2.24, 2.45) is 0 Å². The zero-order valence-electron chi connectivity index (χ0n) is 28.2. The molecular formula is C48H27N3OS. The minimum Gasteiger partial charge on any atom is -0.452 e. The Labute approximate surface area is 306 Å². The average molecular weight is 694 g/mol.